The molecular formula is C21H30O4. The number of fused-ring (bicyclic) bond motifs is 7. The first-order valence-electron chi connectivity index (χ1n) is 10.1. The molecule has 5 rings (SSSR count). The molecule has 1 heterocycles. The van der Waals surface area contributed by atoms with Crippen LogP contribution in [0.25, 0.3) is 0 Å². The van der Waals surface area contributed by atoms with E-state index in [1.165, 1.54) is 5.57 Å². The fourth-order valence-electron chi connectivity index (χ4n) is 7.68. The van der Waals surface area contributed by atoms with Crippen molar-refractivity contribution >= 4 is 5.78 Å². The molecule has 4 fully saturated rings. The molecule has 5 aliphatic rings. The summed E-state index contributed by atoms with van der Waals surface area (Å²) < 4.78 is 5.93. The van der Waals surface area contributed by atoms with E-state index < -0.39 is 12.2 Å². The summed E-state index contributed by atoms with van der Waals surface area (Å²) in [6.45, 7) is 4.28. The molecule has 0 spiro atoms. The number of hydrogen-bond acceptors (Lipinski definition) is 4. The van der Waals surface area contributed by atoms with Crippen LogP contribution in [0.3, 0.4) is 0 Å². The van der Waals surface area contributed by atoms with Gasteiger partial charge in [-0.25, -0.2) is 0 Å². The van der Waals surface area contributed by atoms with Crippen molar-refractivity contribution in [3.63, 3.8) is 0 Å². The van der Waals surface area contributed by atoms with Gasteiger partial charge in [-0.2, -0.15) is 0 Å². The summed E-state index contributed by atoms with van der Waals surface area (Å²) in [6.07, 6.45) is 9.35. The van der Waals surface area contributed by atoms with Crippen LogP contribution in [0.15, 0.2) is 11.6 Å². The van der Waals surface area contributed by atoms with E-state index >= 15 is 0 Å². The second-order valence-electron chi connectivity index (χ2n) is 9.77. The van der Waals surface area contributed by atoms with Gasteiger partial charge in [-0.05, 0) is 68.1 Å². The highest BCUT2D eigenvalue weighted by Crippen LogP contribution is 2.73. The third-order valence-corrected chi connectivity index (χ3v) is 9.07. The molecule has 0 amide bonds. The summed E-state index contributed by atoms with van der Waals surface area (Å²) in [6, 6.07) is 0. The fraction of sp³-hybridized carbons (Fsp3) is 0.857. The SMILES string of the molecule is C[C@]12CC[C@H](O)CC1=CC[C@@H]1[C@@H]2CC[C@@]2(C)[C@H]1C[C@H]1O[C@]12C(=O)CO. The number of ether oxygens (including phenoxy) is 1. The monoisotopic (exact) mass is 346 g/mol. The first-order valence-corrected chi connectivity index (χ1v) is 10.1. The number of carbonyl (C=O) groups is 1. The molecule has 2 N–H and O–H groups in total. The summed E-state index contributed by atoms with van der Waals surface area (Å²) in [5.74, 6) is 1.70. The molecule has 8 atom stereocenters. The number of aliphatic hydroxyl groups excluding tert-OH is 2. The first-order chi connectivity index (χ1) is 11.9. The Morgan fingerprint density at radius 1 is 1.28 bits per heavy atom. The minimum Gasteiger partial charge on any atom is -0.393 e. The predicted molar refractivity (Wildman–Crippen MR) is 92.8 cm³/mol. The van der Waals surface area contributed by atoms with Gasteiger partial charge in [0, 0.05) is 5.41 Å². The smallest absolute Gasteiger partial charge is 0.193 e. The number of hydrogen-bond donors (Lipinski definition) is 2. The van der Waals surface area contributed by atoms with Crippen molar-refractivity contribution in [2.45, 2.75) is 76.6 Å². The summed E-state index contributed by atoms with van der Waals surface area (Å²) >= 11 is 0. The third-order valence-electron chi connectivity index (χ3n) is 9.07. The number of Topliss-reactive ketones (excluding diaryl/α,β-unsaturated/α-hetero) is 1. The quantitative estimate of drug-likeness (QED) is 0.596. The number of epoxide rings is 1. The molecule has 0 bridgehead atoms. The number of ketones is 1. The lowest BCUT2D eigenvalue weighted by Gasteiger charge is -2.58. The zero-order valence-corrected chi connectivity index (χ0v) is 15.3. The van der Waals surface area contributed by atoms with Crippen molar-refractivity contribution in [1.82, 2.24) is 0 Å². The van der Waals surface area contributed by atoms with Crippen molar-refractivity contribution in [3.8, 4) is 0 Å². The van der Waals surface area contributed by atoms with E-state index in [4.69, 9.17) is 4.74 Å². The normalized spacial score (nSPS) is 56.2. The lowest BCUT2D eigenvalue weighted by atomic mass is 9.47. The van der Waals surface area contributed by atoms with Crippen LogP contribution in [0, 0.1) is 28.6 Å². The van der Waals surface area contributed by atoms with Crippen molar-refractivity contribution in [3.05, 3.63) is 11.6 Å². The average Bonchev–Trinajstić information content (AvgIpc) is 3.27. The highest BCUT2D eigenvalue weighted by atomic mass is 16.6. The average molecular weight is 346 g/mol. The lowest BCUT2D eigenvalue weighted by Crippen LogP contribution is -2.54. The molecule has 1 aliphatic heterocycles. The highest BCUT2D eigenvalue weighted by Gasteiger charge is 2.79. The van der Waals surface area contributed by atoms with E-state index in [1.807, 2.05) is 0 Å². The third kappa shape index (κ3) is 1.81. The van der Waals surface area contributed by atoms with Crippen molar-refractivity contribution in [1.29, 1.82) is 0 Å². The van der Waals surface area contributed by atoms with Crippen molar-refractivity contribution < 1.29 is 19.7 Å². The largest absolute Gasteiger partial charge is 0.393 e. The molecule has 0 aromatic rings. The molecule has 4 aliphatic carbocycles. The zero-order chi connectivity index (χ0) is 17.6. The molecule has 0 aromatic heterocycles. The van der Waals surface area contributed by atoms with E-state index in [1.54, 1.807) is 0 Å². The van der Waals surface area contributed by atoms with Gasteiger partial charge in [-0.3, -0.25) is 4.79 Å². The summed E-state index contributed by atoms with van der Waals surface area (Å²) in [7, 11) is 0. The lowest BCUT2D eigenvalue weighted by molar-refractivity contribution is -0.140. The van der Waals surface area contributed by atoms with Gasteiger partial charge in [-0.15, -0.1) is 0 Å². The molecule has 0 radical (unpaired) electrons. The standard InChI is InChI=1S/C21H30O4/c1-19-7-5-13(23)9-12(19)3-4-14-15(19)6-8-20(2)16(14)10-18-21(20,25-18)17(24)11-22/h3,13-16,18,22-23H,4-11H2,1-2H3/t13-,14+,15-,16-,18+,19-,20-,21+/m0/s1. The van der Waals surface area contributed by atoms with Gasteiger partial charge < -0.3 is 14.9 Å². The molecule has 138 valence electrons. The zero-order valence-electron chi connectivity index (χ0n) is 15.3. The molecule has 4 nitrogen and oxygen atoms in total. The van der Waals surface area contributed by atoms with Gasteiger partial charge in [0.1, 0.15) is 6.61 Å². The Balaban J connectivity index is 1.49. The molecule has 0 aromatic carbocycles. The number of carbonyl (C=O) groups excluding carboxylic acids is 1. The van der Waals surface area contributed by atoms with Crippen LogP contribution in [0.2, 0.25) is 0 Å². The second kappa shape index (κ2) is 4.96. The predicted octanol–water partition coefficient (Wildman–Crippen LogP) is 2.62. The Labute approximate surface area is 149 Å². The molecule has 0 unspecified atom stereocenters. The van der Waals surface area contributed by atoms with Crippen LogP contribution in [0.5, 0.6) is 0 Å². The van der Waals surface area contributed by atoms with E-state index in [0.717, 1.165) is 44.9 Å². The van der Waals surface area contributed by atoms with Crippen LogP contribution >= 0.6 is 0 Å². The van der Waals surface area contributed by atoms with Gasteiger partial charge >= 0.3 is 0 Å². The van der Waals surface area contributed by atoms with E-state index in [2.05, 4.69) is 19.9 Å². The van der Waals surface area contributed by atoms with Crippen LogP contribution in [0.1, 0.15) is 58.8 Å². The number of aliphatic hydroxyl groups is 2. The minimum atomic E-state index is -0.689. The fourth-order valence-corrected chi connectivity index (χ4v) is 7.68. The van der Waals surface area contributed by atoms with Crippen LogP contribution in [-0.4, -0.2) is 40.4 Å². The number of rotatable bonds is 2. The summed E-state index contributed by atoms with van der Waals surface area (Å²) in [5, 5.41) is 19.6. The summed E-state index contributed by atoms with van der Waals surface area (Å²) in [4.78, 5) is 12.5. The Morgan fingerprint density at radius 2 is 2.08 bits per heavy atom. The Morgan fingerprint density at radius 3 is 2.84 bits per heavy atom. The Bertz CT molecular complexity index is 656. The van der Waals surface area contributed by atoms with Crippen LogP contribution in [-0.2, 0) is 9.53 Å². The van der Waals surface area contributed by atoms with E-state index in [9.17, 15) is 15.0 Å². The molecular weight excluding hydrogens is 316 g/mol. The maximum atomic E-state index is 12.5. The highest BCUT2D eigenvalue weighted by molar-refractivity contribution is 5.93. The summed E-state index contributed by atoms with van der Waals surface area (Å²) in [5.41, 5.74) is 0.904. The van der Waals surface area contributed by atoms with Gasteiger partial charge in [0.25, 0.3) is 0 Å². The topological polar surface area (TPSA) is 70.1 Å². The maximum Gasteiger partial charge on any atom is 0.193 e. The van der Waals surface area contributed by atoms with Crippen LogP contribution < -0.4 is 0 Å². The minimum absolute atomic E-state index is 0.0345. The van der Waals surface area contributed by atoms with E-state index in [-0.39, 0.29) is 28.8 Å². The number of allylic oxidation sites excluding steroid dienone is 1. The van der Waals surface area contributed by atoms with Gasteiger partial charge in [0.15, 0.2) is 11.4 Å². The molecule has 1 saturated heterocycles. The van der Waals surface area contributed by atoms with Crippen LogP contribution in [0.4, 0.5) is 0 Å². The van der Waals surface area contributed by atoms with Crippen molar-refractivity contribution in [2.24, 2.45) is 28.6 Å². The molecule has 4 heteroatoms. The second-order valence-corrected chi connectivity index (χ2v) is 9.77. The van der Waals surface area contributed by atoms with Gasteiger partial charge in [-0.1, -0.05) is 25.5 Å². The molecule has 3 saturated carbocycles. The van der Waals surface area contributed by atoms with Crippen molar-refractivity contribution in [2.75, 3.05) is 6.61 Å². The molecule has 25 heavy (non-hydrogen) atoms. The van der Waals surface area contributed by atoms with E-state index in [0.29, 0.717) is 17.8 Å². The maximum absolute atomic E-state index is 12.5. The Hall–Kier alpha value is -0.710. The van der Waals surface area contributed by atoms with Gasteiger partial charge in [0.2, 0.25) is 0 Å². The van der Waals surface area contributed by atoms with Gasteiger partial charge in [0.05, 0.1) is 12.2 Å². The first kappa shape index (κ1) is 16.5. The Kier molecular flexibility index (Phi) is 3.27.